The predicted octanol–water partition coefficient (Wildman–Crippen LogP) is 2.26. The summed E-state index contributed by atoms with van der Waals surface area (Å²) in [4.78, 5) is 13.2. The summed E-state index contributed by atoms with van der Waals surface area (Å²) in [7, 11) is 0. The summed E-state index contributed by atoms with van der Waals surface area (Å²) in [6.45, 7) is 4.42. The van der Waals surface area contributed by atoms with Crippen LogP contribution in [0.2, 0.25) is 0 Å². The lowest BCUT2D eigenvalue weighted by atomic mass is 10.1. The monoisotopic (exact) mass is 201 g/mol. The van der Waals surface area contributed by atoms with Gasteiger partial charge in [0.2, 0.25) is 0 Å². The van der Waals surface area contributed by atoms with Crippen molar-refractivity contribution in [1.82, 2.24) is 0 Å². The van der Waals surface area contributed by atoms with E-state index in [1.54, 1.807) is 0 Å². The molecule has 1 saturated heterocycles. The van der Waals surface area contributed by atoms with Crippen molar-refractivity contribution in [1.29, 1.82) is 0 Å². The van der Waals surface area contributed by atoms with Crippen LogP contribution in [0.25, 0.3) is 0 Å². The first-order valence-electron chi connectivity index (χ1n) is 5.58. The van der Waals surface area contributed by atoms with E-state index >= 15 is 0 Å². The summed E-state index contributed by atoms with van der Waals surface area (Å²) < 4.78 is 0. The van der Waals surface area contributed by atoms with Crippen molar-refractivity contribution in [3.8, 4) is 0 Å². The third-order valence-corrected chi connectivity index (χ3v) is 3.56. The van der Waals surface area contributed by atoms with Gasteiger partial charge in [0.15, 0.2) is 0 Å². The Morgan fingerprint density at radius 3 is 2.67 bits per heavy atom. The second-order valence-electron chi connectivity index (χ2n) is 4.88. The molecule has 0 aromatic heterocycles. The van der Waals surface area contributed by atoms with E-state index in [4.69, 9.17) is 0 Å². The summed E-state index contributed by atoms with van der Waals surface area (Å²) in [6, 6.07) is 6.12. The quantitative estimate of drug-likeness (QED) is 0.684. The number of aldehydes is 1. The van der Waals surface area contributed by atoms with Gasteiger partial charge in [-0.15, -0.1) is 0 Å². The van der Waals surface area contributed by atoms with E-state index in [-0.39, 0.29) is 0 Å². The van der Waals surface area contributed by atoms with Crippen molar-refractivity contribution in [2.45, 2.75) is 13.3 Å². The van der Waals surface area contributed by atoms with Crippen molar-refractivity contribution in [2.24, 2.45) is 11.8 Å². The van der Waals surface area contributed by atoms with Gasteiger partial charge in [-0.1, -0.05) is 0 Å². The van der Waals surface area contributed by atoms with Gasteiger partial charge in [0.25, 0.3) is 0 Å². The maximum atomic E-state index is 10.8. The SMILES string of the molecule is Cc1cc(C=O)cc(N2CC3CC3C2)c1. The van der Waals surface area contributed by atoms with Crippen LogP contribution in [-0.4, -0.2) is 19.4 Å². The van der Waals surface area contributed by atoms with Crippen molar-refractivity contribution in [2.75, 3.05) is 18.0 Å². The van der Waals surface area contributed by atoms with E-state index in [1.165, 1.54) is 30.8 Å². The van der Waals surface area contributed by atoms with Crippen molar-refractivity contribution < 1.29 is 4.79 Å². The Kier molecular flexibility index (Phi) is 1.84. The fraction of sp³-hybridized carbons (Fsp3) is 0.462. The van der Waals surface area contributed by atoms with E-state index in [9.17, 15) is 4.79 Å². The molecule has 1 aromatic carbocycles. The van der Waals surface area contributed by atoms with Gasteiger partial charge in [0.1, 0.15) is 6.29 Å². The summed E-state index contributed by atoms with van der Waals surface area (Å²) in [5.41, 5.74) is 3.20. The first-order chi connectivity index (χ1) is 7.26. The molecule has 1 aliphatic carbocycles. The number of hydrogen-bond donors (Lipinski definition) is 0. The van der Waals surface area contributed by atoms with E-state index in [1.807, 2.05) is 19.1 Å². The van der Waals surface area contributed by atoms with E-state index in [2.05, 4.69) is 11.0 Å². The van der Waals surface area contributed by atoms with E-state index in [0.29, 0.717) is 0 Å². The molecule has 0 radical (unpaired) electrons. The number of fused-ring (bicyclic) bond motifs is 1. The Hall–Kier alpha value is -1.31. The molecule has 0 bridgehead atoms. The third kappa shape index (κ3) is 1.54. The van der Waals surface area contributed by atoms with Crippen molar-refractivity contribution in [3.05, 3.63) is 29.3 Å². The Morgan fingerprint density at radius 1 is 1.27 bits per heavy atom. The number of nitrogens with zero attached hydrogens (tertiary/aromatic N) is 1. The highest BCUT2D eigenvalue weighted by Gasteiger charge is 2.45. The summed E-state index contributed by atoms with van der Waals surface area (Å²) in [6.07, 6.45) is 2.36. The summed E-state index contributed by atoms with van der Waals surface area (Å²) in [5, 5.41) is 0. The molecule has 2 fully saturated rings. The highest BCUT2D eigenvalue weighted by Crippen LogP contribution is 2.46. The molecule has 15 heavy (non-hydrogen) atoms. The Balaban J connectivity index is 1.90. The number of piperidine rings is 1. The maximum Gasteiger partial charge on any atom is 0.150 e. The lowest BCUT2D eigenvalue weighted by Crippen LogP contribution is -2.21. The Morgan fingerprint density at radius 2 is 2.00 bits per heavy atom. The van der Waals surface area contributed by atoms with E-state index < -0.39 is 0 Å². The molecule has 3 rings (SSSR count). The molecular formula is C13H15NO. The second-order valence-corrected chi connectivity index (χ2v) is 4.88. The van der Waals surface area contributed by atoms with Crippen molar-refractivity contribution in [3.63, 3.8) is 0 Å². The molecule has 78 valence electrons. The standard InChI is InChI=1S/C13H15NO/c1-9-2-10(8-15)4-13(3-9)14-6-11-5-12(11)7-14/h2-4,8,11-12H,5-7H2,1H3. The molecule has 0 amide bonds. The first kappa shape index (κ1) is 8.96. The predicted molar refractivity (Wildman–Crippen MR) is 60.4 cm³/mol. The molecule has 2 unspecified atom stereocenters. The second kappa shape index (κ2) is 3.09. The molecule has 2 nitrogen and oxygen atoms in total. The largest absolute Gasteiger partial charge is 0.371 e. The van der Waals surface area contributed by atoms with Crippen LogP contribution in [0, 0.1) is 18.8 Å². The van der Waals surface area contributed by atoms with Gasteiger partial charge in [-0.3, -0.25) is 4.79 Å². The van der Waals surface area contributed by atoms with Gasteiger partial charge < -0.3 is 4.90 Å². The number of hydrogen-bond acceptors (Lipinski definition) is 2. The molecule has 1 aromatic rings. The van der Waals surface area contributed by atoms with Gasteiger partial charge in [-0.05, 0) is 48.9 Å². The van der Waals surface area contributed by atoms with E-state index in [0.717, 1.165) is 23.7 Å². The van der Waals surface area contributed by atoms with Crippen LogP contribution in [0.1, 0.15) is 22.3 Å². The van der Waals surface area contributed by atoms with Crippen LogP contribution in [0.5, 0.6) is 0 Å². The Labute approximate surface area is 89.9 Å². The topological polar surface area (TPSA) is 20.3 Å². The maximum absolute atomic E-state index is 10.8. The smallest absolute Gasteiger partial charge is 0.150 e. The Bertz CT molecular complexity index is 403. The van der Waals surface area contributed by atoms with Crippen LogP contribution >= 0.6 is 0 Å². The number of carbonyl (C=O) groups is 1. The number of carbonyl (C=O) groups excluding carboxylic acids is 1. The van der Waals surface area contributed by atoms with Crippen molar-refractivity contribution >= 4 is 12.0 Å². The molecule has 1 saturated carbocycles. The molecule has 0 spiro atoms. The van der Waals surface area contributed by atoms with Crippen LogP contribution in [0.3, 0.4) is 0 Å². The van der Waals surface area contributed by atoms with Gasteiger partial charge in [0, 0.05) is 24.3 Å². The minimum absolute atomic E-state index is 0.797. The first-order valence-corrected chi connectivity index (χ1v) is 5.58. The molecule has 1 aliphatic heterocycles. The van der Waals surface area contributed by atoms with Crippen LogP contribution < -0.4 is 4.90 Å². The highest BCUT2D eigenvalue weighted by molar-refractivity contribution is 5.77. The highest BCUT2D eigenvalue weighted by atomic mass is 16.1. The molecule has 1 heterocycles. The lowest BCUT2D eigenvalue weighted by Gasteiger charge is -2.21. The third-order valence-electron chi connectivity index (χ3n) is 3.56. The summed E-state index contributed by atoms with van der Waals surface area (Å²) >= 11 is 0. The zero-order chi connectivity index (χ0) is 10.4. The summed E-state index contributed by atoms with van der Waals surface area (Å²) in [5.74, 6) is 1.87. The number of anilines is 1. The normalized spacial score (nSPS) is 27.7. The number of aryl methyl sites for hydroxylation is 1. The van der Waals surface area contributed by atoms with Crippen LogP contribution in [-0.2, 0) is 0 Å². The molecule has 2 heteroatoms. The fourth-order valence-electron chi connectivity index (χ4n) is 2.65. The number of rotatable bonds is 2. The average Bonchev–Trinajstić information content (AvgIpc) is 2.85. The van der Waals surface area contributed by atoms with Crippen LogP contribution in [0.4, 0.5) is 5.69 Å². The molecule has 2 aliphatic rings. The fourth-order valence-corrected chi connectivity index (χ4v) is 2.65. The lowest BCUT2D eigenvalue weighted by molar-refractivity contribution is 0.112. The molecular weight excluding hydrogens is 186 g/mol. The zero-order valence-electron chi connectivity index (χ0n) is 8.94. The average molecular weight is 201 g/mol. The minimum Gasteiger partial charge on any atom is -0.371 e. The van der Waals surface area contributed by atoms with Gasteiger partial charge in [0.05, 0.1) is 0 Å². The van der Waals surface area contributed by atoms with Crippen LogP contribution in [0.15, 0.2) is 18.2 Å². The van der Waals surface area contributed by atoms with Gasteiger partial charge in [-0.2, -0.15) is 0 Å². The minimum atomic E-state index is 0.797. The molecule has 2 atom stereocenters. The van der Waals surface area contributed by atoms with Gasteiger partial charge in [-0.25, -0.2) is 0 Å². The zero-order valence-corrected chi connectivity index (χ0v) is 8.94. The molecule has 0 N–H and O–H groups in total. The van der Waals surface area contributed by atoms with Gasteiger partial charge >= 0.3 is 0 Å². The number of benzene rings is 1.